The van der Waals surface area contributed by atoms with Crippen LogP contribution in [0.1, 0.15) is 19.3 Å². The molecular weight excluding hydrogens is 284 g/mol. The molecule has 6 unspecified atom stereocenters. The first-order valence-corrected chi connectivity index (χ1v) is 8.28. The van der Waals surface area contributed by atoms with Crippen molar-refractivity contribution >= 4 is 11.8 Å². The van der Waals surface area contributed by atoms with Gasteiger partial charge in [-0.05, 0) is 12.8 Å². The number of fused-ring (bicyclic) bond motifs is 6. The highest BCUT2D eigenvalue weighted by Gasteiger charge is 2.44. The van der Waals surface area contributed by atoms with Gasteiger partial charge in [0.15, 0.2) is 6.29 Å². The second-order valence-electron chi connectivity index (χ2n) is 5.43. The third-order valence-corrected chi connectivity index (χ3v) is 5.06. The maximum Gasteiger partial charge on any atom is 0.186 e. The molecule has 0 saturated carbocycles. The second-order valence-corrected chi connectivity index (χ2v) is 6.50. The van der Waals surface area contributed by atoms with Crippen molar-refractivity contribution in [1.82, 2.24) is 0 Å². The molecule has 0 aromatic heterocycles. The zero-order valence-electron chi connectivity index (χ0n) is 11.4. The summed E-state index contributed by atoms with van der Waals surface area (Å²) >= 11 is 1.47. The van der Waals surface area contributed by atoms with Crippen molar-refractivity contribution < 1.29 is 29.9 Å². The van der Waals surface area contributed by atoms with E-state index in [1.54, 1.807) is 0 Å². The van der Waals surface area contributed by atoms with Crippen LogP contribution in [0.2, 0.25) is 0 Å². The summed E-state index contributed by atoms with van der Waals surface area (Å²) in [5, 5.41) is 38.3. The molecule has 0 aromatic carbocycles. The highest BCUT2D eigenvalue weighted by Crippen LogP contribution is 2.33. The summed E-state index contributed by atoms with van der Waals surface area (Å²) in [6.45, 7) is 0.277. The molecular formula is C13H24O6S. The Morgan fingerprint density at radius 3 is 2.75 bits per heavy atom. The lowest BCUT2D eigenvalue weighted by Gasteiger charge is -2.42. The lowest BCUT2D eigenvalue weighted by molar-refractivity contribution is -0.277. The topological polar surface area (TPSA) is 99.4 Å². The normalized spacial score (nSPS) is 39.9. The van der Waals surface area contributed by atoms with Crippen LogP contribution in [0, 0.1) is 5.92 Å². The molecule has 3 heterocycles. The zero-order chi connectivity index (χ0) is 14.5. The molecule has 6 atom stereocenters. The fourth-order valence-electron chi connectivity index (χ4n) is 2.70. The fourth-order valence-corrected chi connectivity index (χ4v) is 3.77. The monoisotopic (exact) mass is 308 g/mol. The maximum absolute atomic E-state index is 10.2. The summed E-state index contributed by atoms with van der Waals surface area (Å²) in [7, 11) is 0. The van der Waals surface area contributed by atoms with E-state index in [0.717, 1.165) is 19.3 Å². The predicted octanol–water partition coefficient (Wildman–Crippen LogP) is -0.664. The molecule has 0 radical (unpaired) electrons. The van der Waals surface area contributed by atoms with Crippen molar-refractivity contribution in [2.45, 2.75) is 50.0 Å². The average Bonchev–Trinajstić information content (AvgIpc) is 2.58. The summed E-state index contributed by atoms with van der Waals surface area (Å²) in [6, 6.07) is 0. The lowest BCUT2D eigenvalue weighted by atomic mass is 9.86. The van der Waals surface area contributed by atoms with Crippen molar-refractivity contribution in [1.29, 1.82) is 0 Å². The summed E-state index contributed by atoms with van der Waals surface area (Å²) < 4.78 is 11.3. The standard InChI is InChI=1S/C13H24O6S/c14-5-8(15)6-20-7-10-9-3-1-2-4-18-13(19-10)12(17)11(9)16/h8-17H,1-7H2. The lowest BCUT2D eigenvalue weighted by Crippen LogP contribution is -2.55. The minimum absolute atomic E-state index is 0.110. The Morgan fingerprint density at radius 2 is 2.00 bits per heavy atom. The molecule has 2 bridgehead atoms. The number of rotatable bonds is 5. The van der Waals surface area contributed by atoms with Crippen LogP contribution < -0.4 is 0 Å². The van der Waals surface area contributed by atoms with Gasteiger partial charge < -0.3 is 29.9 Å². The highest BCUT2D eigenvalue weighted by molar-refractivity contribution is 7.99. The minimum atomic E-state index is -0.998. The van der Waals surface area contributed by atoms with E-state index in [1.807, 2.05) is 0 Å². The van der Waals surface area contributed by atoms with Crippen molar-refractivity contribution in [3.8, 4) is 0 Å². The number of hydrogen-bond donors (Lipinski definition) is 4. The van der Waals surface area contributed by atoms with E-state index in [-0.39, 0.29) is 18.6 Å². The van der Waals surface area contributed by atoms with Gasteiger partial charge in [0, 0.05) is 24.0 Å². The van der Waals surface area contributed by atoms with Crippen molar-refractivity contribution in [2.75, 3.05) is 24.7 Å². The Hall–Kier alpha value is 0.110. The van der Waals surface area contributed by atoms with Crippen molar-refractivity contribution in [2.24, 2.45) is 5.92 Å². The fraction of sp³-hybridized carbons (Fsp3) is 1.00. The summed E-state index contributed by atoms with van der Waals surface area (Å²) in [4.78, 5) is 0. The predicted molar refractivity (Wildman–Crippen MR) is 74.4 cm³/mol. The molecule has 3 fully saturated rings. The zero-order valence-corrected chi connectivity index (χ0v) is 12.2. The van der Waals surface area contributed by atoms with E-state index < -0.39 is 24.6 Å². The van der Waals surface area contributed by atoms with Gasteiger partial charge in [-0.15, -0.1) is 0 Å². The van der Waals surface area contributed by atoms with Crippen LogP contribution in [0.3, 0.4) is 0 Å². The molecule has 6 nitrogen and oxygen atoms in total. The number of hydrogen-bond acceptors (Lipinski definition) is 7. The van der Waals surface area contributed by atoms with Crippen LogP contribution in [0.15, 0.2) is 0 Å². The van der Waals surface area contributed by atoms with Crippen LogP contribution in [0.5, 0.6) is 0 Å². The molecule has 0 spiro atoms. The number of thioether (sulfide) groups is 1. The summed E-state index contributed by atoms with van der Waals surface area (Å²) in [6.07, 6.45) is -0.908. The molecule has 3 aliphatic heterocycles. The van der Waals surface area contributed by atoms with Gasteiger partial charge >= 0.3 is 0 Å². The molecule has 0 aromatic rings. The van der Waals surface area contributed by atoms with E-state index >= 15 is 0 Å². The van der Waals surface area contributed by atoms with E-state index in [1.165, 1.54) is 11.8 Å². The summed E-state index contributed by atoms with van der Waals surface area (Å²) in [5.74, 6) is 0.917. The van der Waals surface area contributed by atoms with Crippen LogP contribution in [0.25, 0.3) is 0 Å². The molecule has 20 heavy (non-hydrogen) atoms. The number of aliphatic hydroxyl groups is 4. The van der Waals surface area contributed by atoms with E-state index in [4.69, 9.17) is 14.6 Å². The van der Waals surface area contributed by atoms with Crippen molar-refractivity contribution in [3.05, 3.63) is 0 Å². The molecule has 4 N–H and O–H groups in total. The van der Waals surface area contributed by atoms with E-state index in [2.05, 4.69) is 0 Å². The molecule has 7 heteroatoms. The number of aliphatic hydroxyl groups excluding tert-OH is 4. The van der Waals surface area contributed by atoms with Crippen LogP contribution in [-0.2, 0) is 9.47 Å². The van der Waals surface area contributed by atoms with E-state index in [9.17, 15) is 15.3 Å². The largest absolute Gasteiger partial charge is 0.394 e. The first-order valence-electron chi connectivity index (χ1n) is 7.13. The quantitative estimate of drug-likeness (QED) is 0.535. The SMILES string of the molecule is OCC(O)CSCC1OC2OCCCCC1C(O)C2O. The third-order valence-electron chi connectivity index (χ3n) is 3.87. The Kier molecular flexibility index (Phi) is 6.54. The molecule has 0 aliphatic carbocycles. The summed E-state index contributed by atoms with van der Waals surface area (Å²) in [5.41, 5.74) is 0. The van der Waals surface area contributed by atoms with Gasteiger partial charge in [-0.25, -0.2) is 0 Å². The van der Waals surface area contributed by atoms with Gasteiger partial charge in [0.25, 0.3) is 0 Å². The van der Waals surface area contributed by atoms with Gasteiger partial charge in [-0.3, -0.25) is 0 Å². The Balaban J connectivity index is 1.93. The molecule has 3 aliphatic rings. The van der Waals surface area contributed by atoms with Crippen molar-refractivity contribution in [3.63, 3.8) is 0 Å². The Labute approximate surface area is 123 Å². The van der Waals surface area contributed by atoms with Gasteiger partial charge in [0.2, 0.25) is 0 Å². The molecule has 3 saturated heterocycles. The number of ether oxygens (including phenoxy) is 2. The Bertz CT molecular complexity index is 290. The molecule has 3 rings (SSSR count). The van der Waals surface area contributed by atoms with E-state index in [0.29, 0.717) is 18.1 Å². The van der Waals surface area contributed by atoms with Gasteiger partial charge in [-0.2, -0.15) is 11.8 Å². The smallest absolute Gasteiger partial charge is 0.186 e. The van der Waals surface area contributed by atoms with Gasteiger partial charge in [-0.1, -0.05) is 6.42 Å². The van der Waals surface area contributed by atoms with Crippen LogP contribution in [-0.4, -0.2) is 75.9 Å². The first-order chi connectivity index (χ1) is 9.63. The molecule has 118 valence electrons. The van der Waals surface area contributed by atoms with Crippen LogP contribution >= 0.6 is 11.8 Å². The van der Waals surface area contributed by atoms with Gasteiger partial charge in [0.05, 0.1) is 24.9 Å². The van der Waals surface area contributed by atoms with Gasteiger partial charge in [0.1, 0.15) is 6.10 Å². The molecule has 0 amide bonds. The first kappa shape index (κ1) is 16.5. The maximum atomic E-state index is 10.2. The second kappa shape index (κ2) is 7.93. The Morgan fingerprint density at radius 1 is 1.20 bits per heavy atom. The minimum Gasteiger partial charge on any atom is -0.394 e. The highest BCUT2D eigenvalue weighted by atomic mass is 32.2. The van der Waals surface area contributed by atoms with Crippen LogP contribution in [0.4, 0.5) is 0 Å². The average molecular weight is 308 g/mol. The third kappa shape index (κ3) is 4.07.